The van der Waals surface area contributed by atoms with Gasteiger partial charge in [0.2, 0.25) is 0 Å². The van der Waals surface area contributed by atoms with E-state index in [0.29, 0.717) is 6.04 Å². The average molecular weight is 317 g/mol. The van der Waals surface area contributed by atoms with Crippen molar-refractivity contribution in [1.82, 2.24) is 24.9 Å². The second-order valence-corrected chi connectivity index (χ2v) is 5.74. The molecule has 1 aliphatic heterocycles. The van der Waals surface area contributed by atoms with Crippen LogP contribution in [0.2, 0.25) is 0 Å². The summed E-state index contributed by atoms with van der Waals surface area (Å²) in [7, 11) is 3.31. The topological polar surface area (TPSA) is 65.3 Å². The van der Waals surface area contributed by atoms with Crippen LogP contribution in [0.3, 0.4) is 0 Å². The van der Waals surface area contributed by atoms with Gasteiger partial charge in [-0.2, -0.15) is 0 Å². The van der Waals surface area contributed by atoms with Gasteiger partial charge in [0, 0.05) is 31.0 Å². The van der Waals surface area contributed by atoms with E-state index in [9.17, 15) is 0 Å². The molecule has 7 heteroatoms. The van der Waals surface area contributed by atoms with E-state index >= 15 is 0 Å². The van der Waals surface area contributed by atoms with Crippen molar-refractivity contribution in [2.45, 2.75) is 38.4 Å². The molecule has 2 aromatic heterocycles. The van der Waals surface area contributed by atoms with Crippen LogP contribution in [0.1, 0.15) is 25.0 Å². The second-order valence-electron chi connectivity index (χ2n) is 5.74. The summed E-state index contributed by atoms with van der Waals surface area (Å²) in [5.74, 6) is 1.45. The van der Waals surface area contributed by atoms with Crippen molar-refractivity contribution < 1.29 is 9.47 Å². The smallest absolute Gasteiger partial charge is 0.183 e. The van der Waals surface area contributed by atoms with Crippen molar-refractivity contribution in [3.63, 3.8) is 0 Å². The molecule has 23 heavy (non-hydrogen) atoms. The van der Waals surface area contributed by atoms with Crippen LogP contribution in [0, 0.1) is 0 Å². The SMILES string of the molecule is COc1ccnc(CN2CCCC[C@H]2Cn2ccnn2)c1OC. The van der Waals surface area contributed by atoms with Crippen LogP contribution in [-0.2, 0) is 13.1 Å². The molecular formula is C16H23N5O2. The fourth-order valence-corrected chi connectivity index (χ4v) is 3.18. The lowest BCUT2D eigenvalue weighted by atomic mass is 10.0. The molecule has 0 aromatic carbocycles. The molecule has 1 atom stereocenters. The predicted octanol–water partition coefficient (Wildman–Crippen LogP) is 1.74. The van der Waals surface area contributed by atoms with Crippen molar-refractivity contribution >= 4 is 0 Å². The van der Waals surface area contributed by atoms with E-state index in [1.807, 2.05) is 16.9 Å². The Bertz CT molecular complexity index is 617. The van der Waals surface area contributed by atoms with Crippen LogP contribution in [-0.4, -0.2) is 51.7 Å². The summed E-state index contributed by atoms with van der Waals surface area (Å²) in [5, 5.41) is 7.98. The predicted molar refractivity (Wildman–Crippen MR) is 85.4 cm³/mol. The Kier molecular flexibility index (Phi) is 5.07. The van der Waals surface area contributed by atoms with E-state index in [2.05, 4.69) is 20.2 Å². The first-order chi connectivity index (χ1) is 11.3. The summed E-state index contributed by atoms with van der Waals surface area (Å²) >= 11 is 0. The highest BCUT2D eigenvalue weighted by atomic mass is 16.5. The van der Waals surface area contributed by atoms with Gasteiger partial charge in [-0.3, -0.25) is 14.6 Å². The summed E-state index contributed by atoms with van der Waals surface area (Å²) in [6, 6.07) is 2.26. The summed E-state index contributed by atoms with van der Waals surface area (Å²) in [6.07, 6.45) is 9.02. The molecule has 0 unspecified atom stereocenters. The third kappa shape index (κ3) is 3.61. The van der Waals surface area contributed by atoms with Crippen LogP contribution in [0.4, 0.5) is 0 Å². The Morgan fingerprint density at radius 2 is 2.13 bits per heavy atom. The highest BCUT2D eigenvalue weighted by Crippen LogP contribution is 2.31. The van der Waals surface area contributed by atoms with Gasteiger partial charge in [0.05, 0.1) is 27.0 Å². The monoisotopic (exact) mass is 317 g/mol. The first kappa shape index (κ1) is 15.7. The van der Waals surface area contributed by atoms with Gasteiger partial charge in [-0.25, -0.2) is 0 Å². The number of aromatic nitrogens is 4. The van der Waals surface area contributed by atoms with Crippen LogP contribution in [0.15, 0.2) is 24.7 Å². The summed E-state index contributed by atoms with van der Waals surface area (Å²) in [6.45, 7) is 2.66. The normalized spacial score (nSPS) is 18.8. The van der Waals surface area contributed by atoms with Crippen molar-refractivity contribution in [3.05, 3.63) is 30.4 Å². The maximum Gasteiger partial charge on any atom is 0.183 e. The number of pyridine rings is 1. The van der Waals surface area contributed by atoms with E-state index in [-0.39, 0.29) is 0 Å². The molecule has 1 fully saturated rings. The van der Waals surface area contributed by atoms with E-state index in [4.69, 9.17) is 9.47 Å². The average Bonchev–Trinajstić information content (AvgIpc) is 3.09. The maximum atomic E-state index is 5.51. The Hall–Kier alpha value is -2.15. The lowest BCUT2D eigenvalue weighted by Gasteiger charge is -2.35. The molecule has 1 aliphatic rings. The van der Waals surface area contributed by atoms with Crippen molar-refractivity contribution in [2.24, 2.45) is 0 Å². The van der Waals surface area contributed by atoms with Crippen LogP contribution >= 0.6 is 0 Å². The van der Waals surface area contributed by atoms with E-state index in [0.717, 1.165) is 43.2 Å². The van der Waals surface area contributed by atoms with Crippen molar-refractivity contribution in [3.8, 4) is 11.5 Å². The number of hydrogen-bond donors (Lipinski definition) is 0. The first-order valence-corrected chi connectivity index (χ1v) is 7.96. The number of ether oxygens (including phenoxy) is 2. The van der Waals surface area contributed by atoms with Crippen LogP contribution < -0.4 is 9.47 Å². The summed E-state index contributed by atoms with van der Waals surface area (Å²) < 4.78 is 12.8. The van der Waals surface area contributed by atoms with Gasteiger partial charge >= 0.3 is 0 Å². The third-order valence-electron chi connectivity index (χ3n) is 4.34. The molecule has 0 amide bonds. The van der Waals surface area contributed by atoms with Crippen LogP contribution in [0.5, 0.6) is 11.5 Å². The second kappa shape index (κ2) is 7.41. The van der Waals surface area contributed by atoms with Gasteiger partial charge < -0.3 is 9.47 Å². The number of likely N-dealkylation sites (tertiary alicyclic amines) is 1. The van der Waals surface area contributed by atoms with Gasteiger partial charge in [-0.15, -0.1) is 5.10 Å². The molecule has 3 rings (SSSR count). The minimum absolute atomic E-state index is 0.433. The molecule has 2 aromatic rings. The molecule has 0 radical (unpaired) electrons. The molecule has 1 saturated heterocycles. The molecule has 3 heterocycles. The highest BCUT2D eigenvalue weighted by Gasteiger charge is 2.25. The van der Waals surface area contributed by atoms with Gasteiger partial charge in [0.25, 0.3) is 0 Å². The maximum absolute atomic E-state index is 5.51. The van der Waals surface area contributed by atoms with Gasteiger partial charge in [0.15, 0.2) is 11.5 Å². The van der Waals surface area contributed by atoms with Gasteiger partial charge in [0.1, 0.15) is 5.69 Å². The first-order valence-electron chi connectivity index (χ1n) is 7.96. The van der Waals surface area contributed by atoms with E-state index < -0.39 is 0 Å². The Balaban J connectivity index is 1.76. The molecule has 0 saturated carbocycles. The quantitative estimate of drug-likeness (QED) is 0.808. The van der Waals surface area contributed by atoms with E-state index in [1.54, 1.807) is 26.6 Å². The summed E-state index contributed by atoms with van der Waals surface area (Å²) in [5.41, 5.74) is 0.914. The zero-order valence-electron chi connectivity index (χ0n) is 13.7. The molecule has 0 spiro atoms. The van der Waals surface area contributed by atoms with Crippen molar-refractivity contribution in [1.29, 1.82) is 0 Å². The Labute approximate surface area is 136 Å². The zero-order chi connectivity index (χ0) is 16.1. The number of piperidine rings is 1. The molecule has 124 valence electrons. The Morgan fingerprint density at radius 1 is 1.22 bits per heavy atom. The van der Waals surface area contributed by atoms with Gasteiger partial charge in [-0.05, 0) is 19.4 Å². The fraction of sp³-hybridized carbons (Fsp3) is 0.562. The zero-order valence-corrected chi connectivity index (χ0v) is 13.7. The lowest BCUT2D eigenvalue weighted by Crippen LogP contribution is -2.41. The van der Waals surface area contributed by atoms with Gasteiger partial charge in [-0.1, -0.05) is 11.6 Å². The standard InChI is InChI=1S/C16H23N5O2/c1-22-15-6-7-17-14(16(15)23-2)12-20-9-4-3-5-13(20)11-21-10-8-18-19-21/h6-8,10,13H,3-5,9,11-12H2,1-2H3/t13-/m0/s1. The highest BCUT2D eigenvalue weighted by molar-refractivity contribution is 5.42. The number of rotatable bonds is 6. The number of nitrogens with zero attached hydrogens (tertiary/aromatic N) is 5. The Morgan fingerprint density at radius 3 is 2.87 bits per heavy atom. The largest absolute Gasteiger partial charge is 0.493 e. The number of hydrogen-bond acceptors (Lipinski definition) is 6. The third-order valence-corrected chi connectivity index (χ3v) is 4.34. The molecule has 7 nitrogen and oxygen atoms in total. The molecular weight excluding hydrogens is 294 g/mol. The minimum atomic E-state index is 0.433. The molecule has 0 aliphatic carbocycles. The molecule has 0 bridgehead atoms. The number of methoxy groups -OCH3 is 2. The summed E-state index contributed by atoms with van der Waals surface area (Å²) in [4.78, 5) is 6.96. The lowest BCUT2D eigenvalue weighted by molar-refractivity contribution is 0.118. The minimum Gasteiger partial charge on any atom is -0.493 e. The van der Waals surface area contributed by atoms with Crippen LogP contribution in [0.25, 0.3) is 0 Å². The fourth-order valence-electron chi connectivity index (χ4n) is 3.18. The van der Waals surface area contributed by atoms with Crippen molar-refractivity contribution in [2.75, 3.05) is 20.8 Å². The molecule has 0 N–H and O–H groups in total. The van der Waals surface area contributed by atoms with E-state index in [1.165, 1.54) is 12.8 Å².